The summed E-state index contributed by atoms with van der Waals surface area (Å²) in [7, 11) is 0. The fourth-order valence-corrected chi connectivity index (χ4v) is 1.41. The maximum atomic E-state index is 4.06. The molecule has 1 N–H and O–H groups in total. The van der Waals surface area contributed by atoms with Gasteiger partial charge in [0, 0.05) is 24.1 Å². The molecule has 0 bridgehead atoms. The minimum atomic E-state index is 0.714. The number of rotatable bonds is 2. The molecule has 2 rings (SSSR count). The molecule has 0 spiro atoms. The molecule has 1 aromatic rings. The van der Waals surface area contributed by atoms with Gasteiger partial charge < -0.3 is 5.32 Å². The standard InChI is InChI=1S/C10H14N2/c1-8-7-11-6-5-10(8)12-9-3-2-4-9/h5-7,9H,2-4H2,1H3,(H,11,12). The Bertz CT molecular complexity index is 266. The molecule has 0 radical (unpaired) electrons. The van der Waals surface area contributed by atoms with Crippen LogP contribution in [0.4, 0.5) is 5.69 Å². The molecule has 1 saturated carbocycles. The van der Waals surface area contributed by atoms with Crippen molar-refractivity contribution in [1.29, 1.82) is 0 Å². The zero-order valence-electron chi connectivity index (χ0n) is 7.38. The van der Waals surface area contributed by atoms with Gasteiger partial charge in [0.1, 0.15) is 0 Å². The van der Waals surface area contributed by atoms with Crippen LogP contribution < -0.4 is 5.32 Å². The lowest BCUT2D eigenvalue weighted by atomic mass is 9.93. The fourth-order valence-electron chi connectivity index (χ4n) is 1.41. The highest BCUT2D eigenvalue weighted by Crippen LogP contribution is 2.24. The van der Waals surface area contributed by atoms with E-state index in [0.717, 1.165) is 0 Å². The van der Waals surface area contributed by atoms with Crippen LogP contribution >= 0.6 is 0 Å². The summed E-state index contributed by atoms with van der Waals surface area (Å²) in [6.07, 6.45) is 7.76. The molecule has 0 amide bonds. The number of nitrogens with one attached hydrogen (secondary N) is 1. The van der Waals surface area contributed by atoms with Crippen LogP contribution in [0.1, 0.15) is 24.8 Å². The van der Waals surface area contributed by atoms with Gasteiger partial charge in [-0.25, -0.2) is 0 Å². The monoisotopic (exact) mass is 162 g/mol. The van der Waals surface area contributed by atoms with E-state index in [-0.39, 0.29) is 0 Å². The molecule has 0 atom stereocenters. The molecule has 0 saturated heterocycles. The molecule has 1 aromatic heterocycles. The summed E-state index contributed by atoms with van der Waals surface area (Å²) in [6.45, 7) is 2.09. The van der Waals surface area contributed by atoms with Gasteiger partial charge in [-0.15, -0.1) is 0 Å². The average molecular weight is 162 g/mol. The Morgan fingerprint density at radius 3 is 2.92 bits per heavy atom. The van der Waals surface area contributed by atoms with Crippen LogP contribution in [0.15, 0.2) is 18.5 Å². The summed E-state index contributed by atoms with van der Waals surface area (Å²) in [4.78, 5) is 4.06. The summed E-state index contributed by atoms with van der Waals surface area (Å²) in [5, 5.41) is 3.51. The van der Waals surface area contributed by atoms with E-state index in [1.54, 1.807) is 0 Å². The SMILES string of the molecule is Cc1cnccc1NC1CCC1. The summed E-state index contributed by atoms with van der Waals surface area (Å²) < 4.78 is 0. The zero-order chi connectivity index (χ0) is 8.39. The van der Waals surface area contributed by atoms with Crippen molar-refractivity contribution in [1.82, 2.24) is 4.98 Å². The Morgan fingerprint density at radius 1 is 1.50 bits per heavy atom. The van der Waals surface area contributed by atoms with Crippen molar-refractivity contribution in [3.05, 3.63) is 24.0 Å². The molecule has 0 unspecified atom stereocenters. The number of hydrogen-bond acceptors (Lipinski definition) is 2. The second-order valence-electron chi connectivity index (χ2n) is 3.46. The third-order valence-corrected chi connectivity index (χ3v) is 2.49. The number of anilines is 1. The molecule has 1 heterocycles. The summed E-state index contributed by atoms with van der Waals surface area (Å²) in [5.74, 6) is 0. The highest BCUT2D eigenvalue weighted by atomic mass is 14.9. The predicted molar refractivity (Wildman–Crippen MR) is 50.2 cm³/mol. The van der Waals surface area contributed by atoms with Crippen molar-refractivity contribution in [3.63, 3.8) is 0 Å². The van der Waals surface area contributed by atoms with Crippen LogP contribution in [-0.2, 0) is 0 Å². The average Bonchev–Trinajstić information content (AvgIpc) is 2.00. The third kappa shape index (κ3) is 1.42. The Morgan fingerprint density at radius 2 is 2.33 bits per heavy atom. The molecule has 0 aromatic carbocycles. The van der Waals surface area contributed by atoms with Gasteiger partial charge in [0.05, 0.1) is 0 Å². The molecule has 1 fully saturated rings. The minimum absolute atomic E-state index is 0.714. The molecular formula is C10H14N2. The third-order valence-electron chi connectivity index (χ3n) is 2.49. The smallest absolute Gasteiger partial charge is 0.0402 e. The van der Waals surface area contributed by atoms with Crippen LogP contribution in [0.25, 0.3) is 0 Å². The maximum absolute atomic E-state index is 4.06. The molecule has 12 heavy (non-hydrogen) atoms. The minimum Gasteiger partial charge on any atom is -0.382 e. The van der Waals surface area contributed by atoms with E-state index in [4.69, 9.17) is 0 Å². The van der Waals surface area contributed by atoms with Crippen LogP contribution in [0.2, 0.25) is 0 Å². The lowest BCUT2D eigenvalue weighted by Crippen LogP contribution is -2.27. The Balaban J connectivity index is 2.06. The first kappa shape index (κ1) is 7.59. The van der Waals surface area contributed by atoms with E-state index in [0.29, 0.717) is 6.04 Å². The summed E-state index contributed by atoms with van der Waals surface area (Å²) in [5.41, 5.74) is 2.49. The number of aromatic nitrogens is 1. The van der Waals surface area contributed by atoms with Crippen molar-refractivity contribution in [2.24, 2.45) is 0 Å². The predicted octanol–water partition coefficient (Wildman–Crippen LogP) is 2.35. The quantitative estimate of drug-likeness (QED) is 0.722. The van der Waals surface area contributed by atoms with Crippen molar-refractivity contribution in [2.45, 2.75) is 32.2 Å². The lowest BCUT2D eigenvalue weighted by Gasteiger charge is -2.28. The molecule has 0 aliphatic heterocycles. The highest BCUT2D eigenvalue weighted by molar-refractivity contribution is 5.49. The fraction of sp³-hybridized carbons (Fsp3) is 0.500. The first-order valence-corrected chi connectivity index (χ1v) is 4.53. The molecule has 64 valence electrons. The van der Waals surface area contributed by atoms with Crippen molar-refractivity contribution in [2.75, 3.05) is 5.32 Å². The molecule has 1 aliphatic carbocycles. The zero-order valence-corrected chi connectivity index (χ0v) is 7.38. The first-order chi connectivity index (χ1) is 5.86. The largest absolute Gasteiger partial charge is 0.382 e. The van der Waals surface area contributed by atoms with Gasteiger partial charge in [0.25, 0.3) is 0 Å². The van der Waals surface area contributed by atoms with Gasteiger partial charge in [-0.3, -0.25) is 4.98 Å². The molecule has 1 aliphatic rings. The van der Waals surface area contributed by atoms with Gasteiger partial charge in [0.15, 0.2) is 0 Å². The first-order valence-electron chi connectivity index (χ1n) is 4.53. The highest BCUT2D eigenvalue weighted by Gasteiger charge is 2.16. The van der Waals surface area contributed by atoms with E-state index in [9.17, 15) is 0 Å². The van der Waals surface area contributed by atoms with E-state index in [1.165, 1.54) is 30.5 Å². The lowest BCUT2D eigenvalue weighted by molar-refractivity contribution is 0.445. The van der Waals surface area contributed by atoms with E-state index in [2.05, 4.69) is 17.2 Å². The Hall–Kier alpha value is -1.05. The van der Waals surface area contributed by atoms with Crippen LogP contribution in [0.3, 0.4) is 0 Å². The van der Waals surface area contributed by atoms with E-state index in [1.807, 2.05) is 18.5 Å². The number of aryl methyl sites for hydroxylation is 1. The summed E-state index contributed by atoms with van der Waals surface area (Å²) >= 11 is 0. The van der Waals surface area contributed by atoms with Crippen molar-refractivity contribution >= 4 is 5.69 Å². The van der Waals surface area contributed by atoms with Crippen LogP contribution in [-0.4, -0.2) is 11.0 Å². The van der Waals surface area contributed by atoms with E-state index >= 15 is 0 Å². The topological polar surface area (TPSA) is 24.9 Å². The second-order valence-corrected chi connectivity index (χ2v) is 3.46. The normalized spacial score (nSPS) is 17.1. The van der Waals surface area contributed by atoms with Gasteiger partial charge in [-0.05, 0) is 37.8 Å². The number of nitrogens with zero attached hydrogens (tertiary/aromatic N) is 1. The Labute approximate surface area is 73.0 Å². The van der Waals surface area contributed by atoms with Crippen LogP contribution in [0.5, 0.6) is 0 Å². The van der Waals surface area contributed by atoms with Crippen LogP contribution in [0, 0.1) is 6.92 Å². The van der Waals surface area contributed by atoms with Gasteiger partial charge in [0.2, 0.25) is 0 Å². The van der Waals surface area contributed by atoms with Gasteiger partial charge in [-0.2, -0.15) is 0 Å². The van der Waals surface area contributed by atoms with Crippen molar-refractivity contribution < 1.29 is 0 Å². The molecular weight excluding hydrogens is 148 g/mol. The molecule has 2 heteroatoms. The van der Waals surface area contributed by atoms with Gasteiger partial charge in [-0.1, -0.05) is 0 Å². The number of pyridine rings is 1. The van der Waals surface area contributed by atoms with Gasteiger partial charge >= 0.3 is 0 Å². The maximum Gasteiger partial charge on any atom is 0.0402 e. The Kier molecular flexibility index (Phi) is 1.98. The molecule has 2 nitrogen and oxygen atoms in total. The summed E-state index contributed by atoms with van der Waals surface area (Å²) in [6, 6.07) is 2.76. The van der Waals surface area contributed by atoms with Crippen molar-refractivity contribution in [3.8, 4) is 0 Å². The second kappa shape index (κ2) is 3.13. The number of hydrogen-bond donors (Lipinski definition) is 1. The van der Waals surface area contributed by atoms with E-state index < -0.39 is 0 Å².